The van der Waals surface area contributed by atoms with E-state index in [9.17, 15) is 4.39 Å². The van der Waals surface area contributed by atoms with Crippen molar-refractivity contribution in [3.63, 3.8) is 0 Å². The van der Waals surface area contributed by atoms with Gasteiger partial charge >= 0.3 is 0 Å². The molecule has 1 heterocycles. The first-order valence-electron chi connectivity index (χ1n) is 5.71. The Morgan fingerprint density at radius 3 is 2.67 bits per heavy atom. The third-order valence-electron chi connectivity index (χ3n) is 3.01. The number of halogens is 2. The SMILES string of the molecule is CC(c1ccccn1)C(N)c1ccc(F)cc1Br. The molecule has 94 valence electrons. The summed E-state index contributed by atoms with van der Waals surface area (Å²) >= 11 is 3.35. The highest BCUT2D eigenvalue weighted by Gasteiger charge is 2.19. The second kappa shape index (κ2) is 5.59. The van der Waals surface area contributed by atoms with Crippen molar-refractivity contribution in [2.45, 2.75) is 18.9 Å². The zero-order chi connectivity index (χ0) is 13.1. The van der Waals surface area contributed by atoms with Crippen LogP contribution in [-0.2, 0) is 0 Å². The average molecular weight is 309 g/mol. The molecule has 0 bridgehead atoms. The van der Waals surface area contributed by atoms with E-state index in [0.717, 1.165) is 11.3 Å². The Labute approximate surface area is 114 Å². The summed E-state index contributed by atoms with van der Waals surface area (Å²) in [5.74, 6) is -0.212. The molecule has 2 N–H and O–H groups in total. The van der Waals surface area contributed by atoms with Gasteiger partial charge in [0.2, 0.25) is 0 Å². The number of benzene rings is 1. The maximum atomic E-state index is 13.1. The Kier molecular flexibility index (Phi) is 4.09. The van der Waals surface area contributed by atoms with E-state index in [1.54, 1.807) is 12.3 Å². The van der Waals surface area contributed by atoms with Crippen LogP contribution >= 0.6 is 15.9 Å². The standard InChI is InChI=1S/C14H14BrFN2/c1-9(13-4-2-3-7-18-13)14(17)11-6-5-10(16)8-12(11)15/h2-9,14H,17H2,1H3. The van der Waals surface area contributed by atoms with Crippen LogP contribution in [0.3, 0.4) is 0 Å². The summed E-state index contributed by atoms with van der Waals surface area (Å²) in [6.45, 7) is 2.02. The molecule has 1 aromatic carbocycles. The van der Waals surface area contributed by atoms with Crippen LogP contribution in [0.1, 0.15) is 30.1 Å². The van der Waals surface area contributed by atoms with Crippen LogP contribution in [0.5, 0.6) is 0 Å². The number of hydrogen-bond donors (Lipinski definition) is 1. The van der Waals surface area contributed by atoms with E-state index in [4.69, 9.17) is 5.73 Å². The summed E-state index contributed by atoms with van der Waals surface area (Å²) in [6, 6.07) is 10.1. The lowest BCUT2D eigenvalue weighted by Crippen LogP contribution is -2.19. The van der Waals surface area contributed by atoms with Crippen molar-refractivity contribution < 1.29 is 4.39 Å². The Hall–Kier alpha value is -1.26. The van der Waals surface area contributed by atoms with E-state index in [-0.39, 0.29) is 17.8 Å². The third-order valence-corrected chi connectivity index (χ3v) is 3.70. The molecule has 2 rings (SSSR count). The summed E-state index contributed by atoms with van der Waals surface area (Å²) in [6.07, 6.45) is 1.75. The van der Waals surface area contributed by atoms with Gasteiger partial charge in [0.05, 0.1) is 0 Å². The minimum absolute atomic E-state index is 0.0629. The number of rotatable bonds is 3. The lowest BCUT2D eigenvalue weighted by molar-refractivity contribution is 0.577. The van der Waals surface area contributed by atoms with Gasteiger partial charge in [-0.25, -0.2) is 4.39 Å². The summed E-state index contributed by atoms with van der Waals surface area (Å²) in [5.41, 5.74) is 8.04. The highest BCUT2D eigenvalue weighted by atomic mass is 79.9. The van der Waals surface area contributed by atoms with Crippen molar-refractivity contribution >= 4 is 15.9 Å². The predicted molar refractivity (Wildman–Crippen MR) is 73.7 cm³/mol. The molecule has 2 unspecified atom stereocenters. The van der Waals surface area contributed by atoms with Crippen LogP contribution in [0.15, 0.2) is 47.1 Å². The lowest BCUT2D eigenvalue weighted by atomic mass is 9.92. The van der Waals surface area contributed by atoms with Crippen molar-refractivity contribution in [2.24, 2.45) is 5.73 Å². The number of nitrogens with zero attached hydrogens (tertiary/aromatic N) is 1. The molecule has 18 heavy (non-hydrogen) atoms. The molecule has 0 spiro atoms. The van der Waals surface area contributed by atoms with E-state index in [1.807, 2.05) is 25.1 Å². The van der Waals surface area contributed by atoms with Gasteiger partial charge in [0.25, 0.3) is 0 Å². The molecule has 0 fully saturated rings. The van der Waals surface area contributed by atoms with Crippen LogP contribution < -0.4 is 5.73 Å². The van der Waals surface area contributed by atoms with Gasteiger partial charge < -0.3 is 5.73 Å². The van der Waals surface area contributed by atoms with E-state index in [0.29, 0.717) is 4.47 Å². The van der Waals surface area contributed by atoms with Crippen molar-refractivity contribution in [1.29, 1.82) is 0 Å². The first-order chi connectivity index (χ1) is 8.59. The van der Waals surface area contributed by atoms with Gasteiger partial charge in [0.1, 0.15) is 5.82 Å². The first kappa shape index (κ1) is 13.2. The molecule has 0 aliphatic rings. The number of pyridine rings is 1. The summed E-state index contributed by atoms with van der Waals surface area (Å²) in [7, 11) is 0. The molecule has 2 nitrogen and oxygen atoms in total. The highest BCUT2D eigenvalue weighted by molar-refractivity contribution is 9.10. The third kappa shape index (κ3) is 2.76. The second-order valence-corrected chi connectivity index (χ2v) is 5.09. The zero-order valence-corrected chi connectivity index (χ0v) is 11.6. The topological polar surface area (TPSA) is 38.9 Å². The van der Waals surface area contributed by atoms with Gasteiger partial charge in [-0.05, 0) is 29.8 Å². The molecule has 0 aliphatic carbocycles. The van der Waals surface area contributed by atoms with E-state index in [2.05, 4.69) is 20.9 Å². The van der Waals surface area contributed by atoms with Gasteiger partial charge in [-0.15, -0.1) is 0 Å². The Balaban J connectivity index is 2.28. The normalized spacial score (nSPS) is 14.2. The smallest absolute Gasteiger partial charge is 0.124 e. The molecule has 4 heteroatoms. The van der Waals surface area contributed by atoms with Crippen LogP contribution in [0.2, 0.25) is 0 Å². The van der Waals surface area contributed by atoms with Crippen molar-refractivity contribution in [3.05, 3.63) is 64.1 Å². The Bertz CT molecular complexity index is 531. The fourth-order valence-corrected chi connectivity index (χ4v) is 2.49. The summed E-state index contributed by atoms with van der Waals surface area (Å²) in [4.78, 5) is 4.30. The van der Waals surface area contributed by atoms with Crippen LogP contribution in [0, 0.1) is 5.82 Å². The van der Waals surface area contributed by atoms with Gasteiger partial charge in [-0.3, -0.25) is 4.98 Å². The summed E-state index contributed by atoms with van der Waals surface area (Å²) < 4.78 is 13.7. The molecule has 0 aliphatic heterocycles. The molecule has 0 saturated heterocycles. The quantitative estimate of drug-likeness (QED) is 0.937. The van der Waals surface area contributed by atoms with E-state index >= 15 is 0 Å². The number of aromatic nitrogens is 1. The van der Waals surface area contributed by atoms with Crippen molar-refractivity contribution in [1.82, 2.24) is 4.98 Å². The zero-order valence-electron chi connectivity index (χ0n) is 9.98. The molecular formula is C14H14BrFN2. The number of nitrogens with two attached hydrogens (primary N) is 1. The van der Waals surface area contributed by atoms with Gasteiger partial charge in [-0.2, -0.15) is 0 Å². The molecule has 2 atom stereocenters. The van der Waals surface area contributed by atoms with E-state index < -0.39 is 0 Å². The molecule has 0 radical (unpaired) electrons. The van der Waals surface area contributed by atoms with Gasteiger partial charge in [0.15, 0.2) is 0 Å². The second-order valence-electron chi connectivity index (χ2n) is 4.23. The number of hydrogen-bond acceptors (Lipinski definition) is 2. The first-order valence-corrected chi connectivity index (χ1v) is 6.50. The fourth-order valence-electron chi connectivity index (χ4n) is 1.87. The van der Waals surface area contributed by atoms with Crippen LogP contribution in [0.25, 0.3) is 0 Å². The Morgan fingerprint density at radius 2 is 2.06 bits per heavy atom. The molecule has 2 aromatic rings. The van der Waals surface area contributed by atoms with Crippen molar-refractivity contribution in [3.8, 4) is 0 Å². The molecule has 0 saturated carbocycles. The van der Waals surface area contributed by atoms with Gasteiger partial charge in [-0.1, -0.05) is 35.0 Å². The van der Waals surface area contributed by atoms with Crippen LogP contribution in [-0.4, -0.2) is 4.98 Å². The summed E-state index contributed by atoms with van der Waals surface area (Å²) in [5, 5.41) is 0. The highest BCUT2D eigenvalue weighted by Crippen LogP contribution is 2.32. The average Bonchev–Trinajstić information content (AvgIpc) is 2.38. The maximum absolute atomic E-state index is 13.1. The van der Waals surface area contributed by atoms with Crippen molar-refractivity contribution in [2.75, 3.05) is 0 Å². The Morgan fingerprint density at radius 1 is 1.28 bits per heavy atom. The van der Waals surface area contributed by atoms with Gasteiger partial charge in [0, 0.05) is 28.3 Å². The fraction of sp³-hybridized carbons (Fsp3) is 0.214. The molecule has 1 aromatic heterocycles. The maximum Gasteiger partial charge on any atom is 0.124 e. The minimum atomic E-state index is -0.275. The van der Waals surface area contributed by atoms with Crippen LogP contribution in [0.4, 0.5) is 4.39 Å². The largest absolute Gasteiger partial charge is 0.323 e. The monoisotopic (exact) mass is 308 g/mol. The molecule has 0 amide bonds. The predicted octanol–water partition coefficient (Wildman–Crippen LogP) is 3.79. The minimum Gasteiger partial charge on any atom is -0.323 e. The lowest BCUT2D eigenvalue weighted by Gasteiger charge is -2.21. The van der Waals surface area contributed by atoms with E-state index in [1.165, 1.54) is 12.1 Å². The molecular weight excluding hydrogens is 295 g/mol.